The fourth-order valence-electron chi connectivity index (χ4n) is 2.32. The largest absolute Gasteiger partial charge is 0.484 e. The van der Waals surface area contributed by atoms with Crippen LogP contribution in [0.4, 0.5) is 0 Å². The molecule has 0 aromatic heterocycles. The molecule has 0 unspecified atom stereocenters. The zero-order valence-corrected chi connectivity index (χ0v) is 11.0. The number of benzene rings is 1. The molecule has 1 aromatic rings. The molecule has 1 fully saturated rings. The van der Waals surface area contributed by atoms with Crippen LogP contribution in [0.5, 0.6) is 5.75 Å². The topological polar surface area (TPSA) is 58.6 Å². The third-order valence-corrected chi connectivity index (χ3v) is 3.52. The van der Waals surface area contributed by atoms with Crippen LogP contribution in [0.25, 0.3) is 0 Å². The lowest BCUT2D eigenvalue weighted by Crippen LogP contribution is -2.34. The molecule has 1 amide bonds. The molecule has 104 valence electrons. The van der Waals surface area contributed by atoms with Gasteiger partial charge in [-0.3, -0.25) is 4.79 Å². The molecular formula is C15H21NO3. The van der Waals surface area contributed by atoms with Crippen molar-refractivity contribution in [2.24, 2.45) is 5.92 Å². The van der Waals surface area contributed by atoms with Gasteiger partial charge in [-0.25, -0.2) is 0 Å². The zero-order valence-electron chi connectivity index (χ0n) is 11.0. The minimum absolute atomic E-state index is 0.0549. The number of aliphatic hydroxyl groups is 1. The van der Waals surface area contributed by atoms with Crippen LogP contribution < -0.4 is 10.1 Å². The van der Waals surface area contributed by atoms with Crippen LogP contribution in [0.1, 0.15) is 25.7 Å². The molecule has 0 radical (unpaired) electrons. The molecule has 19 heavy (non-hydrogen) atoms. The highest BCUT2D eigenvalue weighted by Gasteiger charge is 2.19. The normalized spacial score (nSPS) is 22.8. The summed E-state index contributed by atoms with van der Waals surface area (Å²) in [4.78, 5) is 11.6. The van der Waals surface area contributed by atoms with Gasteiger partial charge in [-0.05, 0) is 43.7 Å². The van der Waals surface area contributed by atoms with E-state index >= 15 is 0 Å². The van der Waals surface area contributed by atoms with Crippen molar-refractivity contribution >= 4 is 5.91 Å². The van der Waals surface area contributed by atoms with E-state index in [2.05, 4.69) is 5.32 Å². The molecule has 4 heteroatoms. The number of carbonyl (C=O) groups excluding carboxylic acids is 1. The summed E-state index contributed by atoms with van der Waals surface area (Å²) in [6.45, 7) is 0.739. The Kier molecular flexibility index (Phi) is 5.21. The number of rotatable bonds is 5. The smallest absolute Gasteiger partial charge is 0.257 e. The molecule has 0 aliphatic heterocycles. The standard InChI is InChI=1S/C15H21NO3/c17-13-8-6-12(7-9-13)10-16-15(18)11-19-14-4-2-1-3-5-14/h1-5,12-13,17H,6-11H2,(H,16,18). The average molecular weight is 263 g/mol. The third kappa shape index (κ3) is 4.91. The van der Waals surface area contributed by atoms with E-state index in [0.29, 0.717) is 18.2 Å². The SMILES string of the molecule is O=C(COc1ccccc1)NCC1CCC(O)CC1. The number of hydrogen-bond acceptors (Lipinski definition) is 3. The fourth-order valence-corrected chi connectivity index (χ4v) is 2.32. The second-order valence-corrected chi connectivity index (χ2v) is 5.08. The van der Waals surface area contributed by atoms with Gasteiger partial charge >= 0.3 is 0 Å². The van der Waals surface area contributed by atoms with E-state index in [4.69, 9.17) is 4.74 Å². The molecule has 0 spiro atoms. The number of para-hydroxylation sites is 1. The predicted octanol–water partition coefficient (Wildman–Crippen LogP) is 1.73. The van der Waals surface area contributed by atoms with Crippen molar-refractivity contribution in [3.63, 3.8) is 0 Å². The lowest BCUT2D eigenvalue weighted by Gasteiger charge is -2.25. The Morgan fingerprint density at radius 3 is 2.58 bits per heavy atom. The van der Waals surface area contributed by atoms with Crippen LogP contribution in [0.3, 0.4) is 0 Å². The molecule has 0 atom stereocenters. The van der Waals surface area contributed by atoms with E-state index in [1.54, 1.807) is 0 Å². The Bertz CT molecular complexity index is 386. The molecular weight excluding hydrogens is 242 g/mol. The Hall–Kier alpha value is -1.55. The van der Waals surface area contributed by atoms with Crippen LogP contribution in [0, 0.1) is 5.92 Å². The second kappa shape index (κ2) is 7.14. The van der Waals surface area contributed by atoms with Gasteiger partial charge in [0.15, 0.2) is 6.61 Å². The van der Waals surface area contributed by atoms with Crippen LogP contribution in [-0.2, 0) is 4.79 Å². The summed E-state index contributed by atoms with van der Waals surface area (Å²) in [6, 6.07) is 9.32. The van der Waals surface area contributed by atoms with Crippen molar-refractivity contribution in [3.8, 4) is 5.75 Å². The highest BCUT2D eigenvalue weighted by atomic mass is 16.5. The summed E-state index contributed by atoms with van der Waals surface area (Å²) in [7, 11) is 0. The molecule has 0 saturated heterocycles. The van der Waals surface area contributed by atoms with Gasteiger partial charge in [-0.1, -0.05) is 18.2 Å². The van der Waals surface area contributed by atoms with E-state index < -0.39 is 0 Å². The van der Waals surface area contributed by atoms with Gasteiger partial charge in [0.05, 0.1) is 6.10 Å². The van der Waals surface area contributed by atoms with Gasteiger partial charge in [-0.15, -0.1) is 0 Å². The number of amides is 1. The summed E-state index contributed by atoms with van der Waals surface area (Å²) in [5.41, 5.74) is 0. The lowest BCUT2D eigenvalue weighted by atomic mass is 9.87. The first-order chi connectivity index (χ1) is 9.24. The second-order valence-electron chi connectivity index (χ2n) is 5.08. The van der Waals surface area contributed by atoms with Crippen LogP contribution in [-0.4, -0.2) is 30.3 Å². The van der Waals surface area contributed by atoms with E-state index in [-0.39, 0.29) is 18.6 Å². The number of nitrogens with one attached hydrogen (secondary N) is 1. The molecule has 0 bridgehead atoms. The summed E-state index contributed by atoms with van der Waals surface area (Å²) in [6.07, 6.45) is 3.53. The quantitative estimate of drug-likeness (QED) is 0.850. The molecule has 2 rings (SSSR count). The average Bonchev–Trinajstić information content (AvgIpc) is 2.45. The van der Waals surface area contributed by atoms with Gasteiger partial charge < -0.3 is 15.2 Å². The van der Waals surface area contributed by atoms with Crippen LogP contribution >= 0.6 is 0 Å². The summed E-state index contributed by atoms with van der Waals surface area (Å²) in [5.74, 6) is 1.11. The first-order valence-electron chi connectivity index (χ1n) is 6.86. The maximum Gasteiger partial charge on any atom is 0.257 e. The maximum absolute atomic E-state index is 11.6. The van der Waals surface area contributed by atoms with Gasteiger partial charge in [0.25, 0.3) is 5.91 Å². The molecule has 1 saturated carbocycles. The van der Waals surface area contributed by atoms with Crippen molar-refractivity contribution in [3.05, 3.63) is 30.3 Å². The minimum Gasteiger partial charge on any atom is -0.484 e. The molecule has 1 aliphatic rings. The Labute approximate surface area is 113 Å². The molecule has 1 aliphatic carbocycles. The van der Waals surface area contributed by atoms with E-state index in [0.717, 1.165) is 25.7 Å². The van der Waals surface area contributed by atoms with Crippen molar-refractivity contribution in [1.82, 2.24) is 5.32 Å². The van der Waals surface area contributed by atoms with E-state index in [1.165, 1.54) is 0 Å². The number of hydrogen-bond donors (Lipinski definition) is 2. The number of aliphatic hydroxyl groups excluding tert-OH is 1. The van der Waals surface area contributed by atoms with Gasteiger partial charge in [0.2, 0.25) is 0 Å². The summed E-state index contributed by atoms with van der Waals surface area (Å²) < 4.78 is 5.37. The van der Waals surface area contributed by atoms with E-state index in [9.17, 15) is 9.90 Å². The predicted molar refractivity (Wildman–Crippen MR) is 72.9 cm³/mol. The van der Waals surface area contributed by atoms with Crippen molar-refractivity contribution < 1.29 is 14.6 Å². The van der Waals surface area contributed by atoms with E-state index in [1.807, 2.05) is 30.3 Å². The molecule has 0 heterocycles. The monoisotopic (exact) mass is 263 g/mol. The highest BCUT2D eigenvalue weighted by Crippen LogP contribution is 2.23. The van der Waals surface area contributed by atoms with Gasteiger partial charge in [0, 0.05) is 6.54 Å². The zero-order chi connectivity index (χ0) is 13.5. The lowest BCUT2D eigenvalue weighted by molar-refractivity contribution is -0.123. The van der Waals surface area contributed by atoms with Crippen LogP contribution in [0.15, 0.2) is 30.3 Å². The Morgan fingerprint density at radius 1 is 1.21 bits per heavy atom. The third-order valence-electron chi connectivity index (χ3n) is 3.52. The molecule has 2 N–H and O–H groups in total. The molecule has 1 aromatic carbocycles. The van der Waals surface area contributed by atoms with Crippen LogP contribution in [0.2, 0.25) is 0 Å². The van der Waals surface area contributed by atoms with Crippen molar-refractivity contribution in [2.75, 3.05) is 13.2 Å². The number of carbonyl (C=O) groups is 1. The van der Waals surface area contributed by atoms with Gasteiger partial charge in [0.1, 0.15) is 5.75 Å². The summed E-state index contributed by atoms with van der Waals surface area (Å²) >= 11 is 0. The van der Waals surface area contributed by atoms with Gasteiger partial charge in [-0.2, -0.15) is 0 Å². The minimum atomic E-state index is -0.145. The van der Waals surface area contributed by atoms with Crippen molar-refractivity contribution in [2.45, 2.75) is 31.8 Å². The summed E-state index contributed by atoms with van der Waals surface area (Å²) in [5, 5.41) is 12.3. The fraction of sp³-hybridized carbons (Fsp3) is 0.533. The Balaban J connectivity index is 1.62. The highest BCUT2D eigenvalue weighted by molar-refractivity contribution is 5.77. The first-order valence-corrected chi connectivity index (χ1v) is 6.86. The Morgan fingerprint density at radius 2 is 1.89 bits per heavy atom. The maximum atomic E-state index is 11.6. The first kappa shape index (κ1) is 13.9. The molecule has 4 nitrogen and oxygen atoms in total. The van der Waals surface area contributed by atoms with Crippen molar-refractivity contribution in [1.29, 1.82) is 0 Å². The number of ether oxygens (including phenoxy) is 1.